The molecule has 0 aromatic heterocycles. The van der Waals surface area contributed by atoms with Crippen LogP contribution in [0.25, 0.3) is 0 Å². The molecule has 0 bridgehead atoms. The van der Waals surface area contributed by atoms with E-state index in [0.717, 1.165) is 12.8 Å². The van der Waals surface area contributed by atoms with Crippen LogP contribution < -0.4 is 0 Å². The Morgan fingerprint density at radius 1 is 0.342 bits per heavy atom. The fourth-order valence-electron chi connectivity index (χ4n) is 4.53. The summed E-state index contributed by atoms with van der Waals surface area (Å²) in [5, 5.41) is 0. The van der Waals surface area contributed by atoms with Crippen molar-refractivity contribution in [1.82, 2.24) is 0 Å². The fraction of sp³-hybridized carbons (Fsp3) is 1.00. The molecule has 1 fully saturated rings. The molecular formula is C31H62O7. The quantitative estimate of drug-likeness (QED) is 0.180. The van der Waals surface area contributed by atoms with Crippen LogP contribution in [0.5, 0.6) is 0 Å². The SMILES string of the molecule is CCCCCCCCCCCCCCCCCCC1OCCOCCOCCOCCOCCOCCO1. The molecule has 0 N–H and O–H groups in total. The lowest BCUT2D eigenvalue weighted by molar-refractivity contribution is -0.163. The summed E-state index contributed by atoms with van der Waals surface area (Å²) in [6, 6.07) is 0. The van der Waals surface area contributed by atoms with E-state index in [9.17, 15) is 0 Å². The molecule has 1 heterocycles. The van der Waals surface area contributed by atoms with E-state index in [1.165, 1.54) is 96.3 Å². The van der Waals surface area contributed by atoms with Gasteiger partial charge in [-0.2, -0.15) is 0 Å². The van der Waals surface area contributed by atoms with Crippen LogP contribution in [-0.4, -0.2) is 85.6 Å². The van der Waals surface area contributed by atoms with Crippen molar-refractivity contribution in [2.75, 3.05) is 79.3 Å². The lowest BCUT2D eigenvalue weighted by Crippen LogP contribution is -2.23. The third-order valence-electron chi connectivity index (χ3n) is 6.84. The average molecular weight is 547 g/mol. The Labute approximate surface area is 234 Å². The first kappa shape index (κ1) is 35.7. The first-order valence-corrected chi connectivity index (χ1v) is 16.1. The van der Waals surface area contributed by atoms with Crippen molar-refractivity contribution in [3.8, 4) is 0 Å². The Bertz CT molecular complexity index is 418. The molecule has 228 valence electrons. The van der Waals surface area contributed by atoms with E-state index in [4.69, 9.17) is 33.2 Å². The molecule has 0 atom stereocenters. The standard InChI is InChI=1S/C31H62O7/c1-2-3-4-5-6-7-8-9-10-11-12-13-14-15-16-17-18-31-37-29-27-35-25-23-33-21-19-32-20-22-34-24-26-36-28-30-38-31/h31H,2-30H2,1H3. The molecule has 38 heavy (non-hydrogen) atoms. The normalized spacial score (nSPS) is 18.9. The van der Waals surface area contributed by atoms with Crippen molar-refractivity contribution in [2.45, 2.75) is 122 Å². The summed E-state index contributed by atoms with van der Waals surface area (Å²) in [5.41, 5.74) is 0. The van der Waals surface area contributed by atoms with Gasteiger partial charge in [0.2, 0.25) is 0 Å². The Hall–Kier alpha value is -0.280. The lowest BCUT2D eigenvalue weighted by Gasteiger charge is -2.19. The molecule has 1 saturated heterocycles. The maximum atomic E-state index is 5.96. The van der Waals surface area contributed by atoms with E-state index in [2.05, 4.69) is 6.92 Å². The molecule has 1 aliphatic heterocycles. The first-order chi connectivity index (χ1) is 18.9. The third-order valence-corrected chi connectivity index (χ3v) is 6.84. The van der Waals surface area contributed by atoms with Gasteiger partial charge in [0, 0.05) is 0 Å². The van der Waals surface area contributed by atoms with E-state index in [1.807, 2.05) is 0 Å². The molecule has 0 aromatic rings. The van der Waals surface area contributed by atoms with Crippen LogP contribution in [0, 0.1) is 0 Å². The average Bonchev–Trinajstić information content (AvgIpc) is 2.93. The molecule has 0 aromatic carbocycles. The van der Waals surface area contributed by atoms with E-state index >= 15 is 0 Å². The topological polar surface area (TPSA) is 64.6 Å². The highest BCUT2D eigenvalue weighted by Gasteiger charge is 2.10. The first-order valence-electron chi connectivity index (χ1n) is 16.1. The predicted octanol–water partition coefficient (Wildman–Crippen LogP) is 7.09. The van der Waals surface area contributed by atoms with Crippen molar-refractivity contribution in [3.05, 3.63) is 0 Å². The van der Waals surface area contributed by atoms with Crippen LogP contribution in [0.1, 0.15) is 116 Å². The predicted molar refractivity (Wildman–Crippen MR) is 154 cm³/mol. The van der Waals surface area contributed by atoms with Crippen molar-refractivity contribution >= 4 is 0 Å². The van der Waals surface area contributed by atoms with E-state index in [-0.39, 0.29) is 6.29 Å². The van der Waals surface area contributed by atoms with Gasteiger partial charge >= 0.3 is 0 Å². The summed E-state index contributed by atoms with van der Waals surface area (Å²) in [6.07, 6.45) is 22.8. The van der Waals surface area contributed by atoms with Gasteiger partial charge in [-0.1, -0.05) is 103 Å². The number of hydrogen-bond acceptors (Lipinski definition) is 7. The zero-order valence-electron chi connectivity index (χ0n) is 24.9. The molecular weight excluding hydrogens is 484 g/mol. The van der Waals surface area contributed by atoms with E-state index < -0.39 is 0 Å². The van der Waals surface area contributed by atoms with Crippen LogP contribution in [0.2, 0.25) is 0 Å². The lowest BCUT2D eigenvalue weighted by atomic mass is 10.0. The minimum atomic E-state index is -0.191. The number of unbranched alkanes of at least 4 members (excludes halogenated alkanes) is 15. The van der Waals surface area contributed by atoms with Crippen LogP contribution in [-0.2, 0) is 33.2 Å². The molecule has 1 rings (SSSR count). The summed E-state index contributed by atoms with van der Waals surface area (Å²) < 4.78 is 39.6. The van der Waals surface area contributed by atoms with Gasteiger partial charge in [0.05, 0.1) is 79.3 Å². The molecule has 0 amide bonds. The van der Waals surface area contributed by atoms with Crippen LogP contribution in [0.4, 0.5) is 0 Å². The molecule has 0 saturated carbocycles. The van der Waals surface area contributed by atoms with Gasteiger partial charge < -0.3 is 33.2 Å². The largest absolute Gasteiger partial charge is 0.377 e. The van der Waals surface area contributed by atoms with Gasteiger partial charge in [-0.25, -0.2) is 0 Å². The summed E-state index contributed by atoms with van der Waals surface area (Å²) in [4.78, 5) is 0. The Kier molecular flexibility index (Phi) is 29.4. The van der Waals surface area contributed by atoms with Crippen molar-refractivity contribution in [3.63, 3.8) is 0 Å². The van der Waals surface area contributed by atoms with Gasteiger partial charge in [-0.05, 0) is 12.8 Å². The van der Waals surface area contributed by atoms with E-state index in [1.54, 1.807) is 0 Å². The zero-order valence-corrected chi connectivity index (χ0v) is 24.9. The second-order valence-corrected chi connectivity index (χ2v) is 10.3. The number of hydrogen-bond donors (Lipinski definition) is 0. The monoisotopic (exact) mass is 546 g/mol. The van der Waals surface area contributed by atoms with Gasteiger partial charge in [-0.3, -0.25) is 0 Å². The second kappa shape index (κ2) is 31.3. The maximum Gasteiger partial charge on any atom is 0.157 e. The van der Waals surface area contributed by atoms with Crippen molar-refractivity contribution in [2.24, 2.45) is 0 Å². The highest BCUT2D eigenvalue weighted by Crippen LogP contribution is 2.15. The molecule has 7 nitrogen and oxygen atoms in total. The molecule has 0 unspecified atom stereocenters. The molecule has 7 heteroatoms. The fourth-order valence-corrected chi connectivity index (χ4v) is 4.53. The molecule has 1 aliphatic rings. The smallest absolute Gasteiger partial charge is 0.157 e. The molecule has 0 spiro atoms. The summed E-state index contributed by atoms with van der Waals surface area (Å²) in [5.74, 6) is 0. The van der Waals surface area contributed by atoms with Gasteiger partial charge in [0.25, 0.3) is 0 Å². The molecule has 0 radical (unpaired) electrons. The van der Waals surface area contributed by atoms with E-state index in [0.29, 0.717) is 79.3 Å². The highest BCUT2D eigenvalue weighted by atomic mass is 16.7. The summed E-state index contributed by atoms with van der Waals surface area (Å²) >= 11 is 0. The van der Waals surface area contributed by atoms with Crippen LogP contribution >= 0.6 is 0 Å². The van der Waals surface area contributed by atoms with Crippen molar-refractivity contribution < 1.29 is 33.2 Å². The Morgan fingerprint density at radius 2 is 0.605 bits per heavy atom. The summed E-state index contributed by atoms with van der Waals surface area (Å²) in [6.45, 7) is 8.97. The number of ether oxygens (including phenoxy) is 7. The van der Waals surface area contributed by atoms with Gasteiger partial charge in [0.1, 0.15) is 0 Å². The minimum Gasteiger partial charge on any atom is -0.377 e. The zero-order chi connectivity index (χ0) is 27.0. The van der Waals surface area contributed by atoms with Crippen molar-refractivity contribution in [1.29, 1.82) is 0 Å². The van der Waals surface area contributed by atoms with Crippen LogP contribution in [0.15, 0.2) is 0 Å². The highest BCUT2D eigenvalue weighted by molar-refractivity contribution is 4.52. The minimum absolute atomic E-state index is 0.191. The third kappa shape index (κ3) is 27.3. The molecule has 0 aliphatic carbocycles. The van der Waals surface area contributed by atoms with Gasteiger partial charge in [-0.15, -0.1) is 0 Å². The van der Waals surface area contributed by atoms with Gasteiger partial charge in [0.15, 0.2) is 6.29 Å². The Morgan fingerprint density at radius 3 is 0.921 bits per heavy atom. The second-order valence-electron chi connectivity index (χ2n) is 10.3. The van der Waals surface area contributed by atoms with Crippen LogP contribution in [0.3, 0.4) is 0 Å². The number of rotatable bonds is 17. The summed E-state index contributed by atoms with van der Waals surface area (Å²) in [7, 11) is 0. The Balaban J connectivity index is 2.01. The maximum absolute atomic E-state index is 5.96.